The monoisotopic (exact) mass is 285 g/mol. The van der Waals surface area contributed by atoms with Crippen LogP contribution in [0, 0.1) is 5.82 Å². The number of rotatable bonds is 3. The lowest BCUT2D eigenvalue weighted by molar-refractivity contribution is 0.430. The Morgan fingerprint density at radius 1 is 1.14 bits per heavy atom. The molecule has 0 aliphatic heterocycles. The average molecular weight is 285 g/mol. The number of benzene rings is 2. The van der Waals surface area contributed by atoms with E-state index in [1.165, 1.54) is 12.1 Å². The van der Waals surface area contributed by atoms with Gasteiger partial charge in [-0.3, -0.25) is 0 Å². The number of nitrogens with two attached hydrogens (primary N) is 1. The highest BCUT2D eigenvalue weighted by Crippen LogP contribution is 2.25. The zero-order valence-electron chi connectivity index (χ0n) is 11.0. The SMILES string of the molecule is NCc1cccc(-c2nc(-c3ccc(O)c(F)c3)no2)c1. The van der Waals surface area contributed by atoms with Gasteiger partial charge in [-0.25, -0.2) is 4.39 Å². The number of aromatic nitrogens is 2. The van der Waals surface area contributed by atoms with E-state index < -0.39 is 11.6 Å². The van der Waals surface area contributed by atoms with E-state index in [1.807, 2.05) is 24.3 Å². The summed E-state index contributed by atoms with van der Waals surface area (Å²) in [4.78, 5) is 4.23. The van der Waals surface area contributed by atoms with Gasteiger partial charge in [0, 0.05) is 17.7 Å². The molecule has 106 valence electrons. The zero-order chi connectivity index (χ0) is 14.8. The maximum absolute atomic E-state index is 13.3. The molecule has 3 N–H and O–H groups in total. The van der Waals surface area contributed by atoms with Gasteiger partial charge in [-0.1, -0.05) is 17.3 Å². The molecule has 6 heteroatoms. The summed E-state index contributed by atoms with van der Waals surface area (Å²) in [5, 5.41) is 13.0. The van der Waals surface area contributed by atoms with Crippen LogP contribution in [0.3, 0.4) is 0 Å². The van der Waals surface area contributed by atoms with Crippen LogP contribution in [0.4, 0.5) is 4.39 Å². The lowest BCUT2D eigenvalue weighted by atomic mass is 10.1. The van der Waals surface area contributed by atoms with Crippen molar-refractivity contribution in [2.75, 3.05) is 0 Å². The van der Waals surface area contributed by atoms with Crippen LogP contribution in [0.1, 0.15) is 5.56 Å². The molecule has 0 saturated carbocycles. The Bertz CT molecular complexity index is 786. The molecule has 0 bridgehead atoms. The lowest BCUT2D eigenvalue weighted by Gasteiger charge is -1.98. The second-order valence-corrected chi connectivity index (χ2v) is 4.49. The van der Waals surface area contributed by atoms with Crippen LogP contribution in [0.2, 0.25) is 0 Å². The number of hydrogen-bond donors (Lipinski definition) is 2. The minimum Gasteiger partial charge on any atom is -0.505 e. The molecule has 5 nitrogen and oxygen atoms in total. The van der Waals surface area contributed by atoms with E-state index >= 15 is 0 Å². The third-order valence-electron chi connectivity index (χ3n) is 3.04. The Balaban J connectivity index is 1.97. The number of halogens is 1. The van der Waals surface area contributed by atoms with E-state index in [0.29, 0.717) is 18.0 Å². The Kier molecular flexibility index (Phi) is 3.37. The fraction of sp³-hybridized carbons (Fsp3) is 0.0667. The summed E-state index contributed by atoms with van der Waals surface area (Å²) < 4.78 is 18.5. The third kappa shape index (κ3) is 2.61. The zero-order valence-corrected chi connectivity index (χ0v) is 11.0. The molecule has 1 heterocycles. The highest BCUT2D eigenvalue weighted by molar-refractivity contribution is 5.61. The Labute approximate surface area is 119 Å². The molecule has 0 aliphatic rings. The van der Waals surface area contributed by atoms with E-state index in [4.69, 9.17) is 10.3 Å². The Hall–Kier alpha value is -2.73. The van der Waals surface area contributed by atoms with Crippen molar-refractivity contribution in [3.05, 3.63) is 53.8 Å². The number of aromatic hydroxyl groups is 1. The van der Waals surface area contributed by atoms with E-state index in [2.05, 4.69) is 10.1 Å². The van der Waals surface area contributed by atoms with Gasteiger partial charge >= 0.3 is 0 Å². The van der Waals surface area contributed by atoms with Crippen molar-refractivity contribution in [1.29, 1.82) is 0 Å². The molecule has 2 aromatic carbocycles. The number of phenols is 1. The molecule has 0 saturated heterocycles. The summed E-state index contributed by atoms with van der Waals surface area (Å²) in [6, 6.07) is 11.3. The van der Waals surface area contributed by atoms with Crippen LogP contribution in [-0.4, -0.2) is 15.2 Å². The van der Waals surface area contributed by atoms with Crippen LogP contribution in [0.15, 0.2) is 47.0 Å². The molecule has 0 atom stereocenters. The second kappa shape index (κ2) is 5.34. The first-order valence-corrected chi connectivity index (χ1v) is 6.29. The van der Waals surface area contributed by atoms with Crippen molar-refractivity contribution in [1.82, 2.24) is 10.1 Å². The molecule has 0 spiro atoms. The molecule has 3 aromatic rings. The normalized spacial score (nSPS) is 10.8. The fourth-order valence-electron chi connectivity index (χ4n) is 1.94. The van der Waals surface area contributed by atoms with Crippen LogP contribution in [0.5, 0.6) is 5.75 Å². The molecule has 3 rings (SSSR count). The molecule has 0 radical (unpaired) electrons. The minimum atomic E-state index is -0.732. The smallest absolute Gasteiger partial charge is 0.258 e. The largest absolute Gasteiger partial charge is 0.505 e. The predicted molar refractivity (Wildman–Crippen MR) is 74.7 cm³/mol. The quantitative estimate of drug-likeness (QED) is 0.772. The molecule has 0 amide bonds. The maximum Gasteiger partial charge on any atom is 0.258 e. The molecular weight excluding hydrogens is 273 g/mol. The van der Waals surface area contributed by atoms with Crippen molar-refractivity contribution in [3.63, 3.8) is 0 Å². The number of phenolic OH excluding ortho intramolecular Hbond substituents is 1. The summed E-state index contributed by atoms with van der Waals surface area (Å²) in [6.07, 6.45) is 0. The molecular formula is C15H12FN3O2. The molecule has 21 heavy (non-hydrogen) atoms. The topological polar surface area (TPSA) is 85.2 Å². The van der Waals surface area contributed by atoms with Gasteiger partial charge in [-0.2, -0.15) is 4.98 Å². The van der Waals surface area contributed by atoms with Crippen molar-refractivity contribution < 1.29 is 14.0 Å². The van der Waals surface area contributed by atoms with Gasteiger partial charge in [-0.15, -0.1) is 0 Å². The summed E-state index contributed by atoms with van der Waals surface area (Å²) in [5.41, 5.74) is 7.71. The van der Waals surface area contributed by atoms with Gasteiger partial charge in [0.1, 0.15) is 0 Å². The van der Waals surface area contributed by atoms with E-state index in [0.717, 1.165) is 17.2 Å². The third-order valence-corrected chi connectivity index (χ3v) is 3.04. The molecule has 0 unspecified atom stereocenters. The highest BCUT2D eigenvalue weighted by Gasteiger charge is 2.12. The van der Waals surface area contributed by atoms with E-state index in [-0.39, 0.29) is 5.82 Å². The van der Waals surface area contributed by atoms with Gasteiger partial charge in [0.05, 0.1) is 0 Å². The lowest BCUT2D eigenvalue weighted by Crippen LogP contribution is -1.95. The van der Waals surface area contributed by atoms with Crippen LogP contribution < -0.4 is 5.73 Å². The standard InChI is InChI=1S/C15H12FN3O2/c16-12-7-10(4-5-13(12)20)14-18-15(21-19-14)11-3-1-2-9(6-11)8-17/h1-7,20H,8,17H2. The fourth-order valence-corrected chi connectivity index (χ4v) is 1.94. The van der Waals surface area contributed by atoms with Crippen molar-refractivity contribution in [2.24, 2.45) is 5.73 Å². The summed E-state index contributed by atoms with van der Waals surface area (Å²) in [5.74, 6) is -0.571. The predicted octanol–water partition coefficient (Wildman–Crippen LogP) is 2.71. The van der Waals surface area contributed by atoms with Crippen molar-refractivity contribution in [2.45, 2.75) is 6.54 Å². The van der Waals surface area contributed by atoms with Gasteiger partial charge in [-0.05, 0) is 35.9 Å². The van der Waals surface area contributed by atoms with Gasteiger partial charge in [0.2, 0.25) is 5.82 Å². The van der Waals surface area contributed by atoms with Gasteiger partial charge < -0.3 is 15.4 Å². The highest BCUT2D eigenvalue weighted by atomic mass is 19.1. The summed E-state index contributed by atoms with van der Waals surface area (Å²) in [7, 11) is 0. The minimum absolute atomic E-state index is 0.252. The van der Waals surface area contributed by atoms with Crippen LogP contribution in [0.25, 0.3) is 22.8 Å². The number of nitrogens with zero attached hydrogens (tertiary/aromatic N) is 2. The molecule has 1 aromatic heterocycles. The second-order valence-electron chi connectivity index (χ2n) is 4.49. The first kappa shape index (κ1) is 13.3. The van der Waals surface area contributed by atoms with Crippen LogP contribution >= 0.6 is 0 Å². The van der Waals surface area contributed by atoms with Gasteiger partial charge in [0.15, 0.2) is 11.6 Å². The van der Waals surface area contributed by atoms with E-state index in [9.17, 15) is 9.50 Å². The molecule has 0 fully saturated rings. The Morgan fingerprint density at radius 3 is 2.76 bits per heavy atom. The van der Waals surface area contributed by atoms with Crippen LogP contribution in [-0.2, 0) is 6.54 Å². The van der Waals surface area contributed by atoms with E-state index in [1.54, 1.807) is 0 Å². The maximum atomic E-state index is 13.3. The molecule has 0 aliphatic carbocycles. The summed E-state index contributed by atoms with van der Waals surface area (Å²) in [6.45, 7) is 0.415. The average Bonchev–Trinajstić information content (AvgIpc) is 3.00. The van der Waals surface area contributed by atoms with Crippen molar-refractivity contribution >= 4 is 0 Å². The van der Waals surface area contributed by atoms with Crippen molar-refractivity contribution in [3.8, 4) is 28.6 Å². The Morgan fingerprint density at radius 2 is 2.00 bits per heavy atom. The number of hydrogen-bond acceptors (Lipinski definition) is 5. The first-order valence-electron chi connectivity index (χ1n) is 6.29. The first-order chi connectivity index (χ1) is 10.2. The summed E-state index contributed by atoms with van der Waals surface area (Å²) >= 11 is 0. The van der Waals surface area contributed by atoms with Gasteiger partial charge in [0.25, 0.3) is 5.89 Å².